The molecule has 0 fully saturated rings. The highest BCUT2D eigenvalue weighted by Gasteiger charge is 2.05. The highest BCUT2D eigenvalue weighted by molar-refractivity contribution is 9.10. The Kier molecular flexibility index (Phi) is 2.77. The molecule has 0 radical (unpaired) electrons. The lowest BCUT2D eigenvalue weighted by Crippen LogP contribution is -1.91. The molecule has 2 aromatic rings. The molecule has 1 heterocycles. The number of benzene rings is 1. The second kappa shape index (κ2) is 4.06. The number of nitrogens with one attached hydrogen (secondary N) is 1. The third-order valence-corrected chi connectivity index (χ3v) is 2.76. The number of aromatic amines is 1. The van der Waals surface area contributed by atoms with Crippen molar-refractivity contribution in [1.82, 2.24) is 9.97 Å². The lowest BCUT2D eigenvalue weighted by molar-refractivity contribution is 1.08. The van der Waals surface area contributed by atoms with Crippen molar-refractivity contribution in [3.8, 4) is 0 Å². The van der Waals surface area contributed by atoms with Gasteiger partial charge in [0.25, 0.3) is 0 Å². The Labute approximate surface area is 96.9 Å². The fourth-order valence-electron chi connectivity index (χ4n) is 1.53. The normalized spacial score (nSPS) is 10.5. The van der Waals surface area contributed by atoms with Crippen LogP contribution in [0.15, 0.2) is 28.7 Å². The smallest absolute Gasteiger partial charge is 0.197 e. The van der Waals surface area contributed by atoms with E-state index in [4.69, 9.17) is 5.73 Å². The lowest BCUT2D eigenvalue weighted by atomic mass is 10.1. The highest BCUT2D eigenvalue weighted by Crippen LogP contribution is 2.16. The summed E-state index contributed by atoms with van der Waals surface area (Å²) in [6.45, 7) is 1.98. The van der Waals surface area contributed by atoms with Gasteiger partial charge in [-0.1, -0.05) is 28.1 Å². The fraction of sp³-hybridized carbons (Fsp3) is 0.182. The van der Waals surface area contributed by atoms with Crippen LogP contribution in [0.1, 0.15) is 17.0 Å². The van der Waals surface area contributed by atoms with Gasteiger partial charge in [0.2, 0.25) is 0 Å². The molecule has 0 amide bonds. The Bertz CT molecular complexity index is 476. The third kappa shape index (κ3) is 2.39. The summed E-state index contributed by atoms with van der Waals surface area (Å²) in [5.41, 5.74) is 8.85. The molecule has 1 aromatic heterocycles. The van der Waals surface area contributed by atoms with Crippen LogP contribution in [0.25, 0.3) is 0 Å². The Balaban J connectivity index is 2.25. The maximum absolute atomic E-state index is 5.59. The fourth-order valence-corrected chi connectivity index (χ4v) is 1.98. The van der Waals surface area contributed by atoms with Crippen LogP contribution < -0.4 is 5.73 Å². The number of imidazole rings is 1. The molecular weight excluding hydrogens is 254 g/mol. The Morgan fingerprint density at radius 1 is 1.47 bits per heavy atom. The molecule has 0 aliphatic heterocycles. The van der Waals surface area contributed by atoms with Gasteiger partial charge < -0.3 is 10.7 Å². The molecule has 3 nitrogen and oxygen atoms in total. The minimum absolute atomic E-state index is 0.484. The molecule has 15 heavy (non-hydrogen) atoms. The first-order valence-electron chi connectivity index (χ1n) is 4.70. The summed E-state index contributed by atoms with van der Waals surface area (Å²) in [6, 6.07) is 8.19. The van der Waals surface area contributed by atoms with E-state index in [1.807, 2.05) is 19.1 Å². The van der Waals surface area contributed by atoms with Gasteiger partial charge in [0.05, 0.1) is 5.69 Å². The van der Waals surface area contributed by atoms with E-state index in [1.54, 1.807) is 0 Å². The molecule has 2 rings (SSSR count). The average Bonchev–Trinajstić information content (AvgIpc) is 2.45. The van der Waals surface area contributed by atoms with Crippen molar-refractivity contribution in [3.63, 3.8) is 0 Å². The molecular formula is C11H12BrN3. The van der Waals surface area contributed by atoms with Crippen LogP contribution in [0.5, 0.6) is 0 Å². The number of halogens is 1. The molecule has 0 atom stereocenters. The molecule has 1 aromatic carbocycles. The monoisotopic (exact) mass is 265 g/mol. The number of nitrogens with two attached hydrogens (primary N) is 1. The zero-order chi connectivity index (χ0) is 10.8. The van der Waals surface area contributed by atoms with E-state index in [9.17, 15) is 0 Å². The summed E-state index contributed by atoms with van der Waals surface area (Å²) < 4.78 is 1.08. The van der Waals surface area contributed by atoms with Gasteiger partial charge in [-0.25, -0.2) is 4.98 Å². The second-order valence-corrected chi connectivity index (χ2v) is 4.42. The molecule has 3 N–H and O–H groups in total. The summed E-state index contributed by atoms with van der Waals surface area (Å²) in [5.74, 6) is 0.484. The Morgan fingerprint density at radius 3 is 2.87 bits per heavy atom. The SMILES string of the molecule is Cc1[nH]c(N)nc1Cc1cccc(Br)c1. The van der Waals surface area contributed by atoms with E-state index in [1.165, 1.54) is 5.56 Å². The summed E-state index contributed by atoms with van der Waals surface area (Å²) in [7, 11) is 0. The van der Waals surface area contributed by atoms with Gasteiger partial charge in [-0.3, -0.25) is 0 Å². The van der Waals surface area contributed by atoms with Crippen LogP contribution in [-0.4, -0.2) is 9.97 Å². The maximum Gasteiger partial charge on any atom is 0.197 e. The second-order valence-electron chi connectivity index (χ2n) is 3.50. The number of H-pyrrole nitrogens is 1. The molecule has 0 aliphatic rings. The maximum atomic E-state index is 5.59. The van der Waals surface area contributed by atoms with Crippen molar-refractivity contribution in [2.45, 2.75) is 13.3 Å². The van der Waals surface area contributed by atoms with Gasteiger partial charge in [0.15, 0.2) is 5.95 Å². The predicted molar refractivity (Wildman–Crippen MR) is 64.7 cm³/mol. The minimum atomic E-state index is 0.484. The number of aromatic nitrogens is 2. The third-order valence-electron chi connectivity index (χ3n) is 2.26. The van der Waals surface area contributed by atoms with Crippen LogP contribution in [0, 0.1) is 6.92 Å². The van der Waals surface area contributed by atoms with Gasteiger partial charge in [-0.05, 0) is 24.6 Å². The number of hydrogen-bond donors (Lipinski definition) is 2. The predicted octanol–water partition coefficient (Wildman–Crippen LogP) is 2.65. The van der Waals surface area contributed by atoms with Crippen LogP contribution >= 0.6 is 15.9 Å². The average molecular weight is 266 g/mol. The molecule has 0 unspecified atom stereocenters. The van der Waals surface area contributed by atoms with E-state index in [2.05, 4.69) is 38.0 Å². The quantitative estimate of drug-likeness (QED) is 0.877. The Morgan fingerprint density at radius 2 is 2.27 bits per heavy atom. The van der Waals surface area contributed by atoms with E-state index >= 15 is 0 Å². The van der Waals surface area contributed by atoms with E-state index in [0.717, 1.165) is 22.3 Å². The van der Waals surface area contributed by atoms with Crippen molar-refractivity contribution in [2.75, 3.05) is 5.73 Å². The van der Waals surface area contributed by atoms with Crippen molar-refractivity contribution in [3.05, 3.63) is 45.7 Å². The van der Waals surface area contributed by atoms with Gasteiger partial charge >= 0.3 is 0 Å². The van der Waals surface area contributed by atoms with Crippen molar-refractivity contribution in [2.24, 2.45) is 0 Å². The first kappa shape index (κ1) is 10.2. The lowest BCUT2D eigenvalue weighted by Gasteiger charge is -2.00. The van der Waals surface area contributed by atoms with Crippen molar-refractivity contribution >= 4 is 21.9 Å². The zero-order valence-corrected chi connectivity index (χ0v) is 10.0. The first-order valence-corrected chi connectivity index (χ1v) is 5.50. The molecule has 0 aliphatic carbocycles. The minimum Gasteiger partial charge on any atom is -0.369 e. The number of rotatable bonds is 2. The molecule has 0 saturated carbocycles. The Hall–Kier alpha value is -1.29. The first-order chi connectivity index (χ1) is 7.15. The van der Waals surface area contributed by atoms with Crippen LogP contribution in [0.4, 0.5) is 5.95 Å². The number of nitrogen functional groups attached to an aromatic ring is 1. The van der Waals surface area contributed by atoms with E-state index in [-0.39, 0.29) is 0 Å². The molecule has 4 heteroatoms. The number of hydrogen-bond acceptors (Lipinski definition) is 2. The number of nitrogens with zero attached hydrogens (tertiary/aromatic N) is 1. The molecule has 0 bridgehead atoms. The zero-order valence-electron chi connectivity index (χ0n) is 8.42. The van der Waals surface area contributed by atoms with Gasteiger partial charge in [0, 0.05) is 16.6 Å². The standard InChI is InChI=1S/C11H12BrN3/c1-7-10(15-11(13)14-7)6-8-3-2-4-9(12)5-8/h2-5H,6H2,1H3,(H3,13,14,15). The van der Waals surface area contributed by atoms with E-state index < -0.39 is 0 Å². The largest absolute Gasteiger partial charge is 0.369 e. The highest BCUT2D eigenvalue weighted by atomic mass is 79.9. The summed E-state index contributed by atoms with van der Waals surface area (Å²) in [5, 5.41) is 0. The summed E-state index contributed by atoms with van der Waals surface area (Å²) >= 11 is 3.45. The summed E-state index contributed by atoms with van der Waals surface area (Å²) in [6.07, 6.45) is 0.805. The molecule has 0 saturated heterocycles. The van der Waals surface area contributed by atoms with Crippen molar-refractivity contribution < 1.29 is 0 Å². The summed E-state index contributed by atoms with van der Waals surface area (Å²) in [4.78, 5) is 7.24. The molecule has 0 spiro atoms. The van der Waals surface area contributed by atoms with Gasteiger partial charge in [-0.15, -0.1) is 0 Å². The topological polar surface area (TPSA) is 54.7 Å². The van der Waals surface area contributed by atoms with E-state index in [0.29, 0.717) is 5.95 Å². The van der Waals surface area contributed by atoms with Gasteiger partial charge in [-0.2, -0.15) is 0 Å². The van der Waals surface area contributed by atoms with Crippen molar-refractivity contribution in [1.29, 1.82) is 0 Å². The van der Waals surface area contributed by atoms with Gasteiger partial charge in [0.1, 0.15) is 0 Å². The number of anilines is 1. The van der Waals surface area contributed by atoms with Crippen LogP contribution in [0.2, 0.25) is 0 Å². The molecule has 78 valence electrons. The number of aryl methyl sites for hydroxylation is 1. The van der Waals surface area contributed by atoms with Crippen LogP contribution in [0.3, 0.4) is 0 Å². The van der Waals surface area contributed by atoms with Crippen LogP contribution in [-0.2, 0) is 6.42 Å².